The van der Waals surface area contributed by atoms with Crippen molar-refractivity contribution in [1.29, 1.82) is 0 Å². The number of benzene rings is 1. The summed E-state index contributed by atoms with van der Waals surface area (Å²) in [5, 5.41) is 10.6. The van der Waals surface area contributed by atoms with Gasteiger partial charge >= 0.3 is 0 Å². The fourth-order valence-corrected chi connectivity index (χ4v) is 1.90. The van der Waals surface area contributed by atoms with Gasteiger partial charge in [-0.1, -0.05) is 11.3 Å². The molecular formula is C15H12FN5O. The predicted molar refractivity (Wildman–Crippen MR) is 76.7 cm³/mol. The first-order valence-electron chi connectivity index (χ1n) is 6.58. The van der Waals surface area contributed by atoms with Crippen molar-refractivity contribution in [2.45, 2.75) is 6.54 Å². The second-order valence-electron chi connectivity index (χ2n) is 4.55. The second kappa shape index (κ2) is 6.13. The van der Waals surface area contributed by atoms with Crippen molar-refractivity contribution >= 4 is 5.91 Å². The quantitative estimate of drug-likeness (QED) is 0.796. The maximum absolute atomic E-state index is 13.1. The number of nitrogens with zero attached hydrogens (tertiary/aromatic N) is 4. The van der Waals surface area contributed by atoms with Gasteiger partial charge < -0.3 is 5.32 Å². The van der Waals surface area contributed by atoms with E-state index in [-0.39, 0.29) is 18.0 Å². The van der Waals surface area contributed by atoms with Crippen LogP contribution < -0.4 is 5.32 Å². The number of rotatable bonds is 4. The molecule has 0 atom stereocenters. The molecule has 0 saturated carbocycles. The van der Waals surface area contributed by atoms with Gasteiger partial charge in [0, 0.05) is 18.0 Å². The molecule has 0 saturated heterocycles. The number of nitrogens with one attached hydrogen (secondary N) is 1. The van der Waals surface area contributed by atoms with Gasteiger partial charge in [0.2, 0.25) is 0 Å². The summed E-state index contributed by atoms with van der Waals surface area (Å²) in [4.78, 5) is 15.8. The van der Waals surface area contributed by atoms with Gasteiger partial charge in [0.1, 0.15) is 11.5 Å². The van der Waals surface area contributed by atoms with Gasteiger partial charge in [-0.25, -0.2) is 9.07 Å². The van der Waals surface area contributed by atoms with Crippen LogP contribution in [0.2, 0.25) is 0 Å². The van der Waals surface area contributed by atoms with E-state index in [9.17, 15) is 9.18 Å². The second-order valence-corrected chi connectivity index (χ2v) is 4.55. The van der Waals surface area contributed by atoms with Crippen molar-refractivity contribution in [2.24, 2.45) is 0 Å². The maximum Gasteiger partial charge on any atom is 0.251 e. The molecule has 0 unspecified atom stereocenters. The lowest BCUT2D eigenvalue weighted by molar-refractivity contribution is 0.0950. The summed E-state index contributed by atoms with van der Waals surface area (Å²) < 4.78 is 14.7. The number of pyridine rings is 1. The van der Waals surface area contributed by atoms with Gasteiger partial charge in [0.15, 0.2) is 0 Å². The first-order chi connectivity index (χ1) is 10.7. The van der Waals surface area contributed by atoms with Gasteiger partial charge in [-0.05, 0) is 30.3 Å². The SMILES string of the molecule is O=C(NCc1cn(-c2ccncc2)nn1)c1cccc(F)c1. The molecule has 1 amide bonds. The molecule has 3 aromatic rings. The molecule has 2 heterocycles. The minimum atomic E-state index is -0.448. The van der Waals surface area contributed by atoms with Crippen LogP contribution in [-0.4, -0.2) is 25.9 Å². The van der Waals surface area contributed by atoms with Crippen molar-refractivity contribution in [3.05, 3.63) is 72.1 Å². The Balaban J connectivity index is 1.65. The zero-order valence-corrected chi connectivity index (χ0v) is 11.5. The van der Waals surface area contributed by atoms with Crippen molar-refractivity contribution in [1.82, 2.24) is 25.3 Å². The lowest BCUT2D eigenvalue weighted by Crippen LogP contribution is -2.23. The molecule has 0 bridgehead atoms. The van der Waals surface area contributed by atoms with E-state index in [2.05, 4.69) is 20.6 Å². The lowest BCUT2D eigenvalue weighted by Gasteiger charge is -2.02. The van der Waals surface area contributed by atoms with E-state index in [0.717, 1.165) is 5.69 Å². The van der Waals surface area contributed by atoms with Gasteiger partial charge in [-0.15, -0.1) is 5.10 Å². The molecule has 6 nitrogen and oxygen atoms in total. The standard InChI is InChI=1S/C15H12FN5O/c16-12-3-1-2-11(8-12)15(22)18-9-13-10-21(20-19-13)14-4-6-17-7-5-14/h1-8,10H,9H2,(H,18,22). The Hall–Kier alpha value is -3.09. The van der Waals surface area contributed by atoms with Crippen molar-refractivity contribution in [2.75, 3.05) is 0 Å². The Morgan fingerprint density at radius 3 is 2.82 bits per heavy atom. The third-order valence-electron chi connectivity index (χ3n) is 2.98. The van der Waals surface area contributed by atoms with Gasteiger partial charge in [-0.2, -0.15) is 0 Å². The minimum Gasteiger partial charge on any atom is -0.346 e. The Labute approximate surface area is 125 Å². The third-order valence-corrected chi connectivity index (χ3v) is 2.98. The van der Waals surface area contributed by atoms with E-state index in [1.807, 2.05) is 0 Å². The average molecular weight is 297 g/mol. The number of carbonyl (C=O) groups is 1. The number of amides is 1. The summed E-state index contributed by atoms with van der Waals surface area (Å²) in [6, 6.07) is 9.10. The van der Waals surface area contributed by atoms with Crippen LogP contribution in [0.3, 0.4) is 0 Å². The highest BCUT2D eigenvalue weighted by atomic mass is 19.1. The van der Waals surface area contributed by atoms with E-state index < -0.39 is 5.82 Å². The highest BCUT2D eigenvalue weighted by molar-refractivity contribution is 5.94. The number of aromatic nitrogens is 4. The van der Waals surface area contributed by atoms with Crippen LogP contribution in [0.15, 0.2) is 55.0 Å². The van der Waals surface area contributed by atoms with Gasteiger partial charge in [0.25, 0.3) is 5.91 Å². The van der Waals surface area contributed by atoms with Crippen LogP contribution in [0.1, 0.15) is 16.1 Å². The smallest absolute Gasteiger partial charge is 0.251 e. The van der Waals surface area contributed by atoms with Gasteiger partial charge in [-0.3, -0.25) is 9.78 Å². The summed E-state index contributed by atoms with van der Waals surface area (Å²) >= 11 is 0. The summed E-state index contributed by atoms with van der Waals surface area (Å²) in [6.07, 6.45) is 5.02. The normalized spacial score (nSPS) is 10.4. The van der Waals surface area contributed by atoms with Crippen molar-refractivity contribution < 1.29 is 9.18 Å². The molecule has 3 rings (SSSR count). The molecule has 0 aliphatic carbocycles. The monoisotopic (exact) mass is 297 g/mol. The Morgan fingerprint density at radius 1 is 1.23 bits per heavy atom. The van der Waals surface area contributed by atoms with Crippen LogP contribution in [0.4, 0.5) is 4.39 Å². The molecule has 1 aromatic carbocycles. The molecule has 0 fully saturated rings. The summed E-state index contributed by atoms with van der Waals surface area (Å²) in [7, 11) is 0. The molecule has 7 heteroatoms. The first-order valence-corrected chi connectivity index (χ1v) is 6.58. The van der Waals surface area contributed by atoms with Crippen LogP contribution >= 0.6 is 0 Å². The molecule has 1 N–H and O–H groups in total. The fraction of sp³-hybridized carbons (Fsp3) is 0.0667. The van der Waals surface area contributed by atoms with Crippen LogP contribution in [0.25, 0.3) is 5.69 Å². The van der Waals surface area contributed by atoms with E-state index in [1.54, 1.807) is 41.5 Å². The summed E-state index contributed by atoms with van der Waals surface area (Å²) in [5.41, 5.74) is 1.69. The molecule has 22 heavy (non-hydrogen) atoms. The predicted octanol–water partition coefficient (Wildman–Crippen LogP) is 1.73. The molecular weight excluding hydrogens is 285 g/mol. The molecule has 110 valence electrons. The van der Waals surface area contributed by atoms with E-state index in [1.165, 1.54) is 18.2 Å². The molecule has 0 aliphatic heterocycles. The minimum absolute atomic E-state index is 0.209. The Morgan fingerprint density at radius 2 is 2.05 bits per heavy atom. The highest BCUT2D eigenvalue weighted by Crippen LogP contribution is 2.06. The zero-order chi connectivity index (χ0) is 15.4. The summed E-state index contributed by atoms with van der Waals surface area (Å²) in [6.45, 7) is 0.209. The van der Waals surface area contributed by atoms with Crippen molar-refractivity contribution in [3.63, 3.8) is 0 Å². The lowest BCUT2D eigenvalue weighted by atomic mass is 10.2. The van der Waals surface area contributed by atoms with Crippen molar-refractivity contribution in [3.8, 4) is 5.69 Å². The average Bonchev–Trinajstić information content (AvgIpc) is 3.02. The molecule has 2 aromatic heterocycles. The van der Waals surface area contributed by atoms with Crippen LogP contribution in [0, 0.1) is 5.82 Å². The molecule has 0 radical (unpaired) electrons. The molecule has 0 aliphatic rings. The van der Waals surface area contributed by atoms with E-state index in [4.69, 9.17) is 0 Å². The largest absolute Gasteiger partial charge is 0.346 e. The molecule has 0 spiro atoms. The Bertz CT molecular complexity index is 787. The van der Waals surface area contributed by atoms with Gasteiger partial charge in [0.05, 0.1) is 18.4 Å². The van der Waals surface area contributed by atoms with Crippen LogP contribution in [0.5, 0.6) is 0 Å². The third kappa shape index (κ3) is 3.14. The first kappa shape index (κ1) is 13.9. The maximum atomic E-state index is 13.1. The van der Waals surface area contributed by atoms with Crippen LogP contribution in [-0.2, 0) is 6.54 Å². The number of carbonyl (C=O) groups excluding carboxylic acids is 1. The Kier molecular flexibility index (Phi) is 3.86. The zero-order valence-electron chi connectivity index (χ0n) is 11.5. The highest BCUT2D eigenvalue weighted by Gasteiger charge is 2.08. The number of hydrogen-bond donors (Lipinski definition) is 1. The number of halogens is 1. The number of hydrogen-bond acceptors (Lipinski definition) is 4. The topological polar surface area (TPSA) is 72.7 Å². The van der Waals surface area contributed by atoms with E-state index >= 15 is 0 Å². The summed E-state index contributed by atoms with van der Waals surface area (Å²) in [5.74, 6) is -0.811. The van der Waals surface area contributed by atoms with E-state index in [0.29, 0.717) is 5.69 Å². The fourth-order valence-electron chi connectivity index (χ4n) is 1.90.